The monoisotopic (exact) mass is 368 g/mol. The molecule has 0 saturated heterocycles. The van der Waals surface area contributed by atoms with E-state index in [1.165, 1.54) is 0 Å². The molecule has 2 aromatic rings. The van der Waals surface area contributed by atoms with Crippen molar-refractivity contribution in [2.45, 2.75) is 50.9 Å². The largest absolute Gasteiger partial charge is 0.396 e. The third-order valence-corrected chi connectivity index (χ3v) is 5.44. The Morgan fingerprint density at radius 3 is 3.04 bits per heavy atom. The molecule has 3 atom stereocenters. The fourth-order valence-electron chi connectivity index (χ4n) is 3.96. The molecular formula is C19H26ClFN2O2. The summed E-state index contributed by atoms with van der Waals surface area (Å²) in [6.07, 6.45) is 4.49. The van der Waals surface area contributed by atoms with Crippen LogP contribution in [-0.2, 0) is 6.42 Å². The number of fused-ring (bicyclic) bond motifs is 1. The number of hydrogen-bond acceptors (Lipinski definition) is 3. The molecule has 0 bridgehead atoms. The van der Waals surface area contributed by atoms with Gasteiger partial charge in [0.1, 0.15) is 11.9 Å². The summed E-state index contributed by atoms with van der Waals surface area (Å²) in [5.74, 6) is 0.222. The van der Waals surface area contributed by atoms with Gasteiger partial charge in [0.25, 0.3) is 0 Å². The highest BCUT2D eigenvalue weighted by Crippen LogP contribution is 2.35. The molecule has 25 heavy (non-hydrogen) atoms. The van der Waals surface area contributed by atoms with Gasteiger partial charge >= 0.3 is 0 Å². The average molecular weight is 369 g/mol. The standard InChI is InChI=1S/C19H26ClFN2O2/c1-19(21)7-2-4-13(11-19)12-22-18(25)15-10-14(6-9-24)23-8-3-5-16(20)17(15)23/h3,5,8,10,13,18,22,24-25H,2,4,6-7,9,11-12H2,1H3. The van der Waals surface area contributed by atoms with Crippen molar-refractivity contribution in [1.82, 2.24) is 9.72 Å². The van der Waals surface area contributed by atoms with Gasteiger partial charge in [-0.25, -0.2) is 4.39 Å². The second kappa shape index (κ2) is 7.62. The molecule has 2 aromatic heterocycles. The molecule has 0 spiro atoms. The number of pyridine rings is 1. The number of aromatic nitrogens is 1. The lowest BCUT2D eigenvalue weighted by Gasteiger charge is -2.32. The molecule has 138 valence electrons. The fraction of sp³-hybridized carbons (Fsp3) is 0.579. The second-order valence-electron chi connectivity index (χ2n) is 7.33. The van der Waals surface area contributed by atoms with Crippen molar-refractivity contribution in [3.05, 3.63) is 40.7 Å². The average Bonchev–Trinajstić information content (AvgIpc) is 2.92. The molecule has 1 saturated carbocycles. The van der Waals surface area contributed by atoms with E-state index in [0.29, 0.717) is 36.4 Å². The maximum Gasteiger partial charge on any atom is 0.133 e. The van der Waals surface area contributed by atoms with Crippen molar-refractivity contribution >= 4 is 17.1 Å². The van der Waals surface area contributed by atoms with Gasteiger partial charge in [-0.3, -0.25) is 5.32 Å². The minimum atomic E-state index is -1.10. The number of aliphatic hydroxyl groups is 2. The summed E-state index contributed by atoms with van der Waals surface area (Å²) in [7, 11) is 0. The molecule has 3 N–H and O–H groups in total. The number of rotatable bonds is 6. The lowest BCUT2D eigenvalue weighted by Crippen LogP contribution is -2.34. The molecule has 0 amide bonds. The van der Waals surface area contributed by atoms with Crippen LogP contribution in [0.4, 0.5) is 4.39 Å². The van der Waals surface area contributed by atoms with E-state index in [1.54, 1.807) is 13.0 Å². The van der Waals surface area contributed by atoms with Crippen molar-refractivity contribution in [2.24, 2.45) is 5.92 Å². The normalized spacial score (nSPS) is 25.4. The van der Waals surface area contributed by atoms with E-state index in [0.717, 1.165) is 24.1 Å². The Kier molecular flexibility index (Phi) is 5.68. The van der Waals surface area contributed by atoms with E-state index >= 15 is 0 Å². The Morgan fingerprint density at radius 2 is 2.32 bits per heavy atom. The number of nitrogens with one attached hydrogen (secondary N) is 1. The highest BCUT2D eigenvalue weighted by Gasteiger charge is 2.32. The Labute approximate surface area is 152 Å². The van der Waals surface area contributed by atoms with Crippen molar-refractivity contribution in [1.29, 1.82) is 0 Å². The first-order chi connectivity index (χ1) is 11.9. The number of hydrogen-bond donors (Lipinski definition) is 3. The predicted octanol–water partition coefficient (Wildman–Crippen LogP) is 3.63. The van der Waals surface area contributed by atoms with Crippen LogP contribution in [0.2, 0.25) is 5.02 Å². The van der Waals surface area contributed by atoms with Gasteiger partial charge in [0.05, 0.1) is 10.5 Å². The van der Waals surface area contributed by atoms with Crippen LogP contribution in [0.5, 0.6) is 0 Å². The van der Waals surface area contributed by atoms with Gasteiger partial charge in [-0.15, -0.1) is 0 Å². The number of nitrogens with zero attached hydrogens (tertiary/aromatic N) is 1. The number of alkyl halides is 1. The van der Waals surface area contributed by atoms with Crippen LogP contribution >= 0.6 is 11.6 Å². The predicted molar refractivity (Wildman–Crippen MR) is 97.6 cm³/mol. The number of halogens is 2. The van der Waals surface area contributed by atoms with Crippen LogP contribution in [-0.4, -0.2) is 33.4 Å². The Hall–Kier alpha value is -1.14. The van der Waals surface area contributed by atoms with Crippen LogP contribution in [0.15, 0.2) is 24.4 Å². The zero-order valence-corrected chi connectivity index (χ0v) is 15.3. The summed E-state index contributed by atoms with van der Waals surface area (Å²) in [6.45, 7) is 2.26. The smallest absolute Gasteiger partial charge is 0.133 e. The molecular weight excluding hydrogens is 343 g/mol. The first kappa shape index (κ1) is 18.6. The van der Waals surface area contributed by atoms with E-state index in [1.807, 2.05) is 22.7 Å². The van der Waals surface area contributed by atoms with Gasteiger partial charge in [-0.05, 0) is 56.7 Å². The summed E-state index contributed by atoms with van der Waals surface area (Å²) in [5, 5.41) is 23.6. The lowest BCUT2D eigenvalue weighted by atomic mass is 9.80. The molecule has 1 aliphatic rings. The van der Waals surface area contributed by atoms with Gasteiger partial charge in [0.2, 0.25) is 0 Å². The maximum absolute atomic E-state index is 14.2. The minimum Gasteiger partial charge on any atom is -0.396 e. The zero-order valence-electron chi connectivity index (χ0n) is 14.5. The summed E-state index contributed by atoms with van der Waals surface area (Å²) < 4.78 is 16.1. The molecule has 0 radical (unpaired) electrons. The summed E-state index contributed by atoms with van der Waals surface area (Å²) in [6, 6.07) is 5.49. The Balaban J connectivity index is 1.76. The van der Waals surface area contributed by atoms with Crippen LogP contribution in [0.1, 0.15) is 50.1 Å². The van der Waals surface area contributed by atoms with Crippen LogP contribution in [0.3, 0.4) is 0 Å². The molecule has 2 heterocycles. The van der Waals surface area contributed by atoms with Gasteiger partial charge < -0.3 is 14.6 Å². The highest BCUT2D eigenvalue weighted by molar-refractivity contribution is 6.34. The topological polar surface area (TPSA) is 56.9 Å². The molecule has 0 aromatic carbocycles. The quantitative estimate of drug-likeness (QED) is 0.682. The molecule has 4 nitrogen and oxygen atoms in total. The molecule has 3 unspecified atom stereocenters. The first-order valence-corrected chi connectivity index (χ1v) is 9.28. The molecule has 3 rings (SSSR count). The third kappa shape index (κ3) is 4.17. The third-order valence-electron chi connectivity index (χ3n) is 5.14. The van der Waals surface area contributed by atoms with Crippen molar-refractivity contribution in [3.8, 4) is 0 Å². The van der Waals surface area contributed by atoms with Crippen LogP contribution in [0.25, 0.3) is 5.52 Å². The van der Waals surface area contributed by atoms with Crippen molar-refractivity contribution < 1.29 is 14.6 Å². The van der Waals surface area contributed by atoms with E-state index in [4.69, 9.17) is 11.6 Å². The molecule has 1 aliphatic carbocycles. The molecule has 6 heteroatoms. The summed E-state index contributed by atoms with van der Waals surface area (Å²) >= 11 is 6.33. The Morgan fingerprint density at radius 1 is 1.52 bits per heavy atom. The minimum absolute atomic E-state index is 0.0265. The lowest BCUT2D eigenvalue weighted by molar-refractivity contribution is 0.0781. The highest BCUT2D eigenvalue weighted by atomic mass is 35.5. The van der Waals surface area contributed by atoms with Crippen LogP contribution < -0.4 is 5.32 Å². The van der Waals surface area contributed by atoms with E-state index in [2.05, 4.69) is 5.32 Å². The van der Waals surface area contributed by atoms with Crippen molar-refractivity contribution in [2.75, 3.05) is 13.2 Å². The van der Waals surface area contributed by atoms with E-state index < -0.39 is 11.9 Å². The zero-order chi connectivity index (χ0) is 18.0. The summed E-state index contributed by atoms with van der Waals surface area (Å²) in [5.41, 5.74) is 1.22. The van der Waals surface area contributed by atoms with Gasteiger partial charge in [0, 0.05) is 37.0 Å². The van der Waals surface area contributed by atoms with Gasteiger partial charge in [0.15, 0.2) is 0 Å². The van der Waals surface area contributed by atoms with Crippen LogP contribution in [0, 0.1) is 5.92 Å². The maximum atomic E-state index is 14.2. The van der Waals surface area contributed by atoms with Gasteiger partial charge in [-0.1, -0.05) is 11.6 Å². The van der Waals surface area contributed by atoms with Crippen molar-refractivity contribution in [3.63, 3.8) is 0 Å². The second-order valence-corrected chi connectivity index (χ2v) is 7.73. The van der Waals surface area contributed by atoms with Gasteiger partial charge in [-0.2, -0.15) is 0 Å². The molecule has 0 aliphatic heterocycles. The Bertz CT molecular complexity index is 732. The fourth-order valence-corrected chi connectivity index (χ4v) is 4.23. The number of aliphatic hydroxyl groups excluding tert-OH is 2. The first-order valence-electron chi connectivity index (χ1n) is 8.91. The summed E-state index contributed by atoms with van der Waals surface area (Å²) in [4.78, 5) is 0. The molecule has 1 fully saturated rings. The van der Waals surface area contributed by atoms with E-state index in [9.17, 15) is 14.6 Å². The SMILES string of the molecule is CC1(F)CCCC(CNC(O)c2cc(CCO)n3cccc(Cl)c23)C1. The van der Waals surface area contributed by atoms with E-state index in [-0.39, 0.29) is 12.5 Å².